The van der Waals surface area contributed by atoms with Crippen LogP contribution in [0.15, 0.2) is 39.5 Å². The molecule has 1 aromatic carbocycles. The molecule has 0 bridgehead atoms. The topological polar surface area (TPSA) is 83.5 Å². The summed E-state index contributed by atoms with van der Waals surface area (Å²) in [6.45, 7) is 0.297. The number of benzene rings is 1. The highest BCUT2D eigenvalue weighted by Gasteiger charge is 2.04. The molecular weight excluding hydrogens is 246 g/mol. The molecule has 1 atom stereocenters. The van der Waals surface area contributed by atoms with Crippen LogP contribution in [0.4, 0.5) is 0 Å². The minimum absolute atomic E-state index is 0.0932. The van der Waals surface area contributed by atoms with Gasteiger partial charge >= 0.3 is 5.63 Å². The third-order valence-electron chi connectivity index (χ3n) is 2.64. The average Bonchev–Trinajstić information content (AvgIpc) is 2.38. The van der Waals surface area contributed by atoms with E-state index in [4.69, 9.17) is 14.4 Å². The van der Waals surface area contributed by atoms with E-state index in [0.29, 0.717) is 24.4 Å². The molecule has 0 saturated carbocycles. The second-order valence-electron chi connectivity index (χ2n) is 4.11. The summed E-state index contributed by atoms with van der Waals surface area (Å²) >= 11 is 0. The number of ether oxygens (including phenoxy) is 1. The number of hydrogen-bond donors (Lipinski definition) is 1. The molecule has 0 aliphatic rings. The highest BCUT2D eigenvalue weighted by atomic mass is 16.5. The fraction of sp³-hybridized carbons (Fsp3) is 0.286. The molecule has 0 fully saturated rings. The number of nitriles is 1. The first kappa shape index (κ1) is 13.1. The molecule has 0 unspecified atom stereocenters. The van der Waals surface area contributed by atoms with Crippen LogP contribution in [0.2, 0.25) is 0 Å². The lowest BCUT2D eigenvalue weighted by molar-refractivity contribution is 0.143. The van der Waals surface area contributed by atoms with Gasteiger partial charge < -0.3 is 14.3 Å². The predicted molar refractivity (Wildman–Crippen MR) is 68.8 cm³/mol. The molecule has 1 aromatic heterocycles. The zero-order valence-electron chi connectivity index (χ0n) is 10.2. The summed E-state index contributed by atoms with van der Waals surface area (Å²) in [5, 5.41) is 18.6. The van der Waals surface area contributed by atoms with Crippen LogP contribution >= 0.6 is 0 Å². The number of nitrogens with zero attached hydrogens (tertiary/aromatic N) is 1. The van der Waals surface area contributed by atoms with Gasteiger partial charge in [-0.05, 0) is 18.2 Å². The number of rotatable bonds is 5. The lowest BCUT2D eigenvalue weighted by Gasteiger charge is -2.09. The summed E-state index contributed by atoms with van der Waals surface area (Å²) in [7, 11) is 0. The third-order valence-corrected chi connectivity index (χ3v) is 2.64. The van der Waals surface area contributed by atoms with Gasteiger partial charge in [0.2, 0.25) is 0 Å². The molecule has 1 N–H and O–H groups in total. The third kappa shape index (κ3) is 3.57. The minimum atomic E-state index is -0.677. The van der Waals surface area contributed by atoms with Gasteiger partial charge in [-0.15, -0.1) is 0 Å². The summed E-state index contributed by atoms with van der Waals surface area (Å²) < 4.78 is 10.5. The van der Waals surface area contributed by atoms with E-state index in [1.165, 1.54) is 6.07 Å². The van der Waals surface area contributed by atoms with E-state index in [1.54, 1.807) is 24.3 Å². The molecule has 0 amide bonds. The number of aliphatic hydroxyl groups excluding tert-OH is 1. The molecule has 5 heteroatoms. The Bertz CT molecular complexity index is 656. The Morgan fingerprint density at radius 1 is 1.37 bits per heavy atom. The van der Waals surface area contributed by atoms with E-state index in [1.807, 2.05) is 6.07 Å². The van der Waals surface area contributed by atoms with Gasteiger partial charge in [-0.3, -0.25) is 0 Å². The van der Waals surface area contributed by atoms with Crippen LogP contribution in [0.1, 0.15) is 12.8 Å². The average molecular weight is 259 g/mol. The van der Waals surface area contributed by atoms with Crippen molar-refractivity contribution in [3.05, 3.63) is 40.8 Å². The molecule has 0 radical (unpaired) electrons. The first-order valence-electron chi connectivity index (χ1n) is 5.91. The van der Waals surface area contributed by atoms with E-state index in [0.717, 1.165) is 5.39 Å². The molecule has 1 heterocycles. The van der Waals surface area contributed by atoms with Gasteiger partial charge in [0, 0.05) is 23.9 Å². The van der Waals surface area contributed by atoms with Gasteiger partial charge in [0.15, 0.2) is 0 Å². The summed E-state index contributed by atoms with van der Waals surface area (Å²) in [6.07, 6.45) is -0.205. The number of aliphatic hydroxyl groups is 1. The monoisotopic (exact) mass is 259 g/mol. The summed E-state index contributed by atoms with van der Waals surface area (Å²) in [5.74, 6) is 0.561. The normalized spacial score (nSPS) is 12.0. The Hall–Kier alpha value is -2.32. The van der Waals surface area contributed by atoms with Crippen molar-refractivity contribution in [1.29, 1.82) is 5.26 Å². The maximum absolute atomic E-state index is 11.1. The van der Waals surface area contributed by atoms with Crippen LogP contribution in [-0.4, -0.2) is 17.8 Å². The second-order valence-corrected chi connectivity index (χ2v) is 4.11. The fourth-order valence-corrected chi connectivity index (χ4v) is 1.65. The van der Waals surface area contributed by atoms with Gasteiger partial charge in [-0.2, -0.15) is 5.26 Å². The maximum atomic E-state index is 11.1. The predicted octanol–water partition coefficient (Wildman–Crippen LogP) is 1.84. The minimum Gasteiger partial charge on any atom is -0.493 e. The molecule has 0 aliphatic heterocycles. The molecule has 98 valence electrons. The van der Waals surface area contributed by atoms with Gasteiger partial charge in [0.25, 0.3) is 0 Å². The smallest absolute Gasteiger partial charge is 0.336 e. The Kier molecular flexibility index (Phi) is 4.16. The van der Waals surface area contributed by atoms with Crippen molar-refractivity contribution in [2.24, 2.45) is 0 Å². The summed E-state index contributed by atoms with van der Waals surface area (Å²) in [4.78, 5) is 11.1. The lowest BCUT2D eigenvalue weighted by atomic mass is 10.2. The van der Waals surface area contributed by atoms with E-state index in [-0.39, 0.29) is 6.42 Å². The van der Waals surface area contributed by atoms with Crippen LogP contribution in [0, 0.1) is 11.3 Å². The summed E-state index contributed by atoms with van der Waals surface area (Å²) in [5.41, 5.74) is 0.0525. The van der Waals surface area contributed by atoms with Crippen molar-refractivity contribution < 1.29 is 14.3 Å². The molecule has 2 rings (SSSR count). The Morgan fingerprint density at radius 2 is 2.16 bits per heavy atom. The van der Waals surface area contributed by atoms with E-state index in [9.17, 15) is 9.90 Å². The van der Waals surface area contributed by atoms with Gasteiger partial charge in [0.05, 0.1) is 25.2 Å². The lowest BCUT2D eigenvalue weighted by Crippen LogP contribution is -2.11. The molecule has 2 aromatic rings. The van der Waals surface area contributed by atoms with Crippen molar-refractivity contribution in [3.8, 4) is 11.8 Å². The number of fused-ring (bicyclic) bond motifs is 1. The van der Waals surface area contributed by atoms with E-state index < -0.39 is 11.7 Å². The SMILES string of the molecule is N#CC[C@@H](O)CCOc1ccc2ccc(=O)oc2c1. The fourth-order valence-electron chi connectivity index (χ4n) is 1.65. The van der Waals surface area contributed by atoms with Crippen LogP contribution in [0.3, 0.4) is 0 Å². The molecular formula is C14H13NO4. The first-order valence-corrected chi connectivity index (χ1v) is 5.91. The Morgan fingerprint density at radius 3 is 2.95 bits per heavy atom. The van der Waals surface area contributed by atoms with Crippen LogP contribution in [-0.2, 0) is 0 Å². The Balaban J connectivity index is 2.01. The van der Waals surface area contributed by atoms with Crippen molar-refractivity contribution in [3.63, 3.8) is 0 Å². The molecule has 0 saturated heterocycles. The summed E-state index contributed by atoms with van der Waals surface area (Å²) in [6, 6.07) is 10.1. The van der Waals surface area contributed by atoms with Gasteiger partial charge in [-0.25, -0.2) is 4.79 Å². The quantitative estimate of drug-likeness (QED) is 0.828. The van der Waals surface area contributed by atoms with Crippen molar-refractivity contribution in [2.45, 2.75) is 18.9 Å². The van der Waals surface area contributed by atoms with Crippen molar-refractivity contribution in [2.75, 3.05) is 6.61 Å². The number of hydrogen-bond acceptors (Lipinski definition) is 5. The second kappa shape index (κ2) is 6.03. The molecule has 0 spiro atoms. The van der Waals surface area contributed by atoms with Crippen molar-refractivity contribution in [1.82, 2.24) is 0 Å². The van der Waals surface area contributed by atoms with Gasteiger partial charge in [-0.1, -0.05) is 0 Å². The van der Waals surface area contributed by atoms with E-state index >= 15 is 0 Å². The molecule has 19 heavy (non-hydrogen) atoms. The standard InChI is InChI=1S/C14H13NO4/c15-7-5-11(16)6-8-18-12-3-1-10-2-4-14(17)19-13(10)9-12/h1-4,9,11,16H,5-6,8H2/t11-/m1/s1. The van der Waals surface area contributed by atoms with Gasteiger partial charge in [0.1, 0.15) is 11.3 Å². The van der Waals surface area contributed by atoms with Crippen molar-refractivity contribution >= 4 is 11.0 Å². The zero-order chi connectivity index (χ0) is 13.7. The molecule has 5 nitrogen and oxygen atoms in total. The maximum Gasteiger partial charge on any atom is 0.336 e. The zero-order valence-corrected chi connectivity index (χ0v) is 10.2. The Labute approximate surface area is 109 Å². The van der Waals surface area contributed by atoms with Crippen LogP contribution < -0.4 is 10.4 Å². The van der Waals surface area contributed by atoms with Crippen LogP contribution in [0.25, 0.3) is 11.0 Å². The highest BCUT2D eigenvalue weighted by molar-refractivity contribution is 5.77. The van der Waals surface area contributed by atoms with Crippen LogP contribution in [0.5, 0.6) is 5.75 Å². The largest absolute Gasteiger partial charge is 0.493 e. The highest BCUT2D eigenvalue weighted by Crippen LogP contribution is 2.19. The first-order chi connectivity index (χ1) is 9.19. The molecule has 0 aliphatic carbocycles. The van der Waals surface area contributed by atoms with E-state index in [2.05, 4.69) is 0 Å².